The van der Waals surface area contributed by atoms with Crippen LogP contribution in [0.2, 0.25) is 0 Å². The Hall–Kier alpha value is -1.49. The van der Waals surface area contributed by atoms with Crippen LogP contribution in [0.3, 0.4) is 0 Å². The highest BCUT2D eigenvalue weighted by atomic mass is 16.3. The van der Waals surface area contributed by atoms with Crippen LogP contribution in [0.25, 0.3) is 0 Å². The summed E-state index contributed by atoms with van der Waals surface area (Å²) in [5, 5.41) is 11.4. The first kappa shape index (κ1) is 9.60. The van der Waals surface area contributed by atoms with Crippen LogP contribution < -0.4 is 5.46 Å². The van der Waals surface area contributed by atoms with Crippen LogP contribution in [0.4, 0.5) is 0 Å². The van der Waals surface area contributed by atoms with E-state index in [4.69, 9.17) is 5.02 Å². The van der Waals surface area contributed by atoms with Gasteiger partial charge >= 0.3 is 7.05 Å². The Kier molecular flexibility index (Phi) is 2.92. The SMILES string of the molecule is CC(=O)c1ccc(B(O)N=O)cc1. The van der Waals surface area contributed by atoms with Gasteiger partial charge in [0.1, 0.15) is 0 Å². The molecule has 13 heavy (non-hydrogen) atoms. The first-order chi connectivity index (χ1) is 6.15. The van der Waals surface area contributed by atoms with Crippen molar-refractivity contribution >= 4 is 18.3 Å². The van der Waals surface area contributed by atoms with Crippen molar-refractivity contribution in [1.82, 2.24) is 0 Å². The van der Waals surface area contributed by atoms with E-state index in [1.54, 1.807) is 12.1 Å². The number of hydrogen-bond donors (Lipinski definition) is 1. The Balaban J connectivity index is 2.93. The molecule has 0 heterocycles. The lowest BCUT2D eigenvalue weighted by atomic mass is 9.75. The van der Waals surface area contributed by atoms with Gasteiger partial charge < -0.3 is 5.02 Å². The summed E-state index contributed by atoms with van der Waals surface area (Å²) >= 11 is 0. The van der Waals surface area contributed by atoms with E-state index in [-0.39, 0.29) is 5.78 Å². The summed E-state index contributed by atoms with van der Waals surface area (Å²) in [6, 6.07) is 6.10. The summed E-state index contributed by atoms with van der Waals surface area (Å²) in [6.07, 6.45) is 0. The number of carbonyl (C=O) groups is 1. The molecule has 66 valence electrons. The minimum absolute atomic E-state index is 0.0555. The number of nitrogens with zero attached hydrogens (tertiary/aromatic N) is 1. The van der Waals surface area contributed by atoms with Crippen LogP contribution in [0.15, 0.2) is 29.4 Å². The maximum absolute atomic E-state index is 10.8. The number of benzene rings is 1. The Bertz CT molecular complexity index is 323. The lowest BCUT2D eigenvalue weighted by Gasteiger charge is -1.98. The highest BCUT2D eigenvalue weighted by Crippen LogP contribution is 1.98. The molecule has 0 spiro atoms. The number of ketones is 1. The maximum atomic E-state index is 10.8. The highest BCUT2D eigenvalue weighted by Gasteiger charge is 2.15. The standard InChI is InChI=1S/C8H8BNO3/c1-6(11)7-2-4-8(5-3-7)9(12)10-13/h2-5,12H,1H3. The van der Waals surface area contributed by atoms with Crippen molar-refractivity contribution in [2.75, 3.05) is 0 Å². The summed E-state index contributed by atoms with van der Waals surface area (Å²) in [5.41, 5.74) is 0.932. The molecule has 0 fully saturated rings. The van der Waals surface area contributed by atoms with Gasteiger partial charge in [-0.1, -0.05) is 29.4 Å². The zero-order valence-corrected chi connectivity index (χ0v) is 7.10. The minimum Gasteiger partial charge on any atom is -0.425 e. The predicted octanol–water partition coefficient (Wildman–Crippen LogP) is 0.343. The van der Waals surface area contributed by atoms with E-state index in [2.05, 4.69) is 5.09 Å². The van der Waals surface area contributed by atoms with Crippen molar-refractivity contribution < 1.29 is 9.82 Å². The van der Waals surface area contributed by atoms with E-state index in [1.165, 1.54) is 19.1 Å². The van der Waals surface area contributed by atoms with Gasteiger partial charge in [-0.05, 0) is 12.4 Å². The Morgan fingerprint density at radius 3 is 2.31 bits per heavy atom. The molecule has 0 atom stereocenters. The summed E-state index contributed by atoms with van der Waals surface area (Å²) in [6.45, 7) is 1.45. The van der Waals surface area contributed by atoms with Gasteiger partial charge in [-0.15, -0.1) is 0 Å². The molecule has 0 unspecified atom stereocenters. The van der Waals surface area contributed by atoms with Crippen molar-refractivity contribution in [2.24, 2.45) is 5.09 Å². The third-order valence-electron chi connectivity index (χ3n) is 1.72. The Morgan fingerprint density at radius 1 is 1.38 bits per heavy atom. The average molecular weight is 177 g/mol. The lowest BCUT2D eigenvalue weighted by molar-refractivity contribution is 0.101. The molecular formula is C8H8BNO3. The largest absolute Gasteiger partial charge is 0.517 e. The second-order valence-corrected chi connectivity index (χ2v) is 2.66. The molecule has 0 saturated carbocycles. The minimum atomic E-state index is -1.35. The molecule has 0 aliphatic heterocycles. The Morgan fingerprint density at radius 2 is 1.92 bits per heavy atom. The fraction of sp³-hybridized carbons (Fsp3) is 0.125. The smallest absolute Gasteiger partial charge is 0.425 e. The lowest BCUT2D eigenvalue weighted by Crippen LogP contribution is -2.27. The molecule has 0 aromatic heterocycles. The van der Waals surface area contributed by atoms with E-state index in [0.717, 1.165) is 0 Å². The van der Waals surface area contributed by atoms with Gasteiger partial charge in [0.25, 0.3) is 0 Å². The van der Waals surface area contributed by atoms with Crippen LogP contribution in [-0.4, -0.2) is 17.9 Å². The summed E-state index contributed by atoms with van der Waals surface area (Å²) in [4.78, 5) is 20.8. The van der Waals surface area contributed by atoms with Gasteiger partial charge in [-0.3, -0.25) is 4.79 Å². The Labute approximate surface area is 75.7 Å². The first-order valence-electron chi connectivity index (χ1n) is 3.76. The molecule has 0 radical (unpaired) electrons. The van der Waals surface area contributed by atoms with Crippen LogP contribution in [0.5, 0.6) is 0 Å². The molecule has 4 nitrogen and oxygen atoms in total. The third kappa shape index (κ3) is 2.22. The second-order valence-electron chi connectivity index (χ2n) is 2.66. The van der Waals surface area contributed by atoms with Gasteiger partial charge in [-0.25, -0.2) is 0 Å². The fourth-order valence-corrected chi connectivity index (χ4v) is 0.951. The zero-order valence-electron chi connectivity index (χ0n) is 7.10. The molecule has 1 N–H and O–H groups in total. The number of hydrogen-bond acceptors (Lipinski definition) is 4. The number of nitroso groups, excluding NO2 is 1. The van der Waals surface area contributed by atoms with Crippen LogP contribution in [0.1, 0.15) is 17.3 Å². The quantitative estimate of drug-likeness (QED) is 0.411. The van der Waals surface area contributed by atoms with E-state index in [9.17, 15) is 9.70 Å². The number of carbonyl (C=O) groups excluding carboxylic acids is 1. The van der Waals surface area contributed by atoms with Gasteiger partial charge in [-0.2, -0.15) is 4.91 Å². The van der Waals surface area contributed by atoms with Crippen LogP contribution >= 0.6 is 0 Å². The van der Waals surface area contributed by atoms with Crippen molar-refractivity contribution in [3.63, 3.8) is 0 Å². The van der Waals surface area contributed by atoms with E-state index in [1.807, 2.05) is 0 Å². The first-order valence-corrected chi connectivity index (χ1v) is 3.76. The van der Waals surface area contributed by atoms with Gasteiger partial charge in [0.15, 0.2) is 5.78 Å². The van der Waals surface area contributed by atoms with Crippen molar-refractivity contribution in [1.29, 1.82) is 0 Å². The highest BCUT2D eigenvalue weighted by molar-refractivity contribution is 6.64. The van der Waals surface area contributed by atoms with Crippen LogP contribution in [0, 0.1) is 4.91 Å². The summed E-state index contributed by atoms with van der Waals surface area (Å²) in [5.74, 6) is -0.0555. The monoisotopic (exact) mass is 177 g/mol. The molecule has 1 aromatic rings. The molecule has 0 amide bonds. The molecule has 0 saturated heterocycles. The average Bonchev–Trinajstić information content (AvgIpc) is 2.17. The molecular weight excluding hydrogens is 169 g/mol. The van der Waals surface area contributed by atoms with Gasteiger partial charge in [0.05, 0.1) is 0 Å². The van der Waals surface area contributed by atoms with Crippen molar-refractivity contribution in [2.45, 2.75) is 6.92 Å². The number of rotatable bonds is 3. The third-order valence-corrected chi connectivity index (χ3v) is 1.72. The molecule has 0 aliphatic carbocycles. The van der Waals surface area contributed by atoms with Crippen LogP contribution in [-0.2, 0) is 0 Å². The van der Waals surface area contributed by atoms with E-state index >= 15 is 0 Å². The molecule has 5 heteroatoms. The van der Waals surface area contributed by atoms with Gasteiger partial charge in [0.2, 0.25) is 0 Å². The van der Waals surface area contributed by atoms with Crippen molar-refractivity contribution in [3.05, 3.63) is 34.7 Å². The molecule has 0 bridgehead atoms. The zero-order chi connectivity index (χ0) is 9.84. The maximum Gasteiger partial charge on any atom is 0.517 e. The fourth-order valence-electron chi connectivity index (χ4n) is 0.951. The normalized spacial score (nSPS) is 9.38. The second kappa shape index (κ2) is 3.95. The summed E-state index contributed by atoms with van der Waals surface area (Å²) in [7, 11) is -1.35. The van der Waals surface area contributed by atoms with E-state index in [0.29, 0.717) is 11.0 Å². The van der Waals surface area contributed by atoms with E-state index < -0.39 is 7.05 Å². The topological polar surface area (TPSA) is 66.7 Å². The van der Waals surface area contributed by atoms with Gasteiger partial charge in [0, 0.05) is 5.56 Å². The molecule has 1 rings (SSSR count). The summed E-state index contributed by atoms with van der Waals surface area (Å²) < 4.78 is 0. The number of Topliss-reactive ketones (excluding diaryl/α,β-unsaturated/α-hetero) is 1. The van der Waals surface area contributed by atoms with Crippen molar-refractivity contribution in [3.8, 4) is 0 Å². The molecule has 1 aromatic carbocycles. The predicted molar refractivity (Wildman–Crippen MR) is 49.8 cm³/mol. The molecule has 0 aliphatic rings.